The maximum atomic E-state index is 9.82. The summed E-state index contributed by atoms with van der Waals surface area (Å²) in [6.45, 7) is 4.72. The van der Waals surface area contributed by atoms with Crippen LogP contribution in [0.5, 0.6) is 0 Å². The average molecular weight is 713 g/mol. The van der Waals surface area contributed by atoms with Crippen molar-refractivity contribution >= 4 is 45.2 Å². The van der Waals surface area contributed by atoms with Crippen LogP contribution in [0.3, 0.4) is 0 Å². The van der Waals surface area contributed by atoms with Gasteiger partial charge in [-0.25, -0.2) is 0 Å². The Bertz CT molecular complexity index is 1290. The maximum Gasteiger partial charge on any atom is 0.0873 e. The number of piperidine rings is 1. The molecule has 4 bridgehead atoms. The molecule has 1 saturated carbocycles. The van der Waals surface area contributed by atoms with E-state index >= 15 is 0 Å². The monoisotopic (exact) mass is 713 g/mol. The molecular formula is C30H29I2N5. The van der Waals surface area contributed by atoms with Gasteiger partial charge in [-0.3, -0.25) is 14.9 Å². The molecule has 6 rings (SSSR count). The summed E-state index contributed by atoms with van der Waals surface area (Å²) in [4.78, 5) is 10.9. The number of allylic oxidation sites excluding steroid dienone is 2. The lowest BCUT2D eigenvalue weighted by atomic mass is 9.66. The number of rotatable bonds is 4. The third-order valence-electron chi connectivity index (χ3n) is 8.29. The predicted octanol–water partition coefficient (Wildman–Crippen LogP) is 6.47. The fraction of sp³-hybridized carbons (Fsp3) is 0.400. The molecule has 1 saturated heterocycles. The van der Waals surface area contributed by atoms with Gasteiger partial charge in [0.1, 0.15) is 0 Å². The van der Waals surface area contributed by atoms with Crippen LogP contribution in [0, 0.1) is 41.6 Å². The van der Waals surface area contributed by atoms with Gasteiger partial charge in [0, 0.05) is 50.6 Å². The van der Waals surface area contributed by atoms with E-state index in [2.05, 4.69) is 115 Å². The number of nitriles is 2. The molecule has 2 aliphatic heterocycles. The second-order valence-corrected chi connectivity index (χ2v) is 13.1. The molecule has 2 fully saturated rings. The highest BCUT2D eigenvalue weighted by Crippen LogP contribution is 2.48. The third kappa shape index (κ3) is 5.28. The molecule has 2 unspecified atom stereocenters. The van der Waals surface area contributed by atoms with E-state index in [-0.39, 0.29) is 5.41 Å². The van der Waals surface area contributed by atoms with E-state index in [1.165, 1.54) is 6.42 Å². The van der Waals surface area contributed by atoms with E-state index < -0.39 is 5.41 Å². The van der Waals surface area contributed by atoms with Gasteiger partial charge in [-0.2, -0.15) is 10.5 Å². The molecule has 2 aromatic rings. The standard InChI is InChI=1S/C16H16IN3.C14H13IN2/c1-2-5-20-14-3-4-15(20)8-16(7-14,11-18)12-6-13(17)10-19-9-12;15-13-4-12(7-17-8-13)14(9-16)5-10-1-2-11(3-10)6-14/h2-4,6,9-10,14-15H,1,5,7-8H2;1-2,4,7-8,10-11H,3,5-6H2/t14-,15+,16?;10-,11+,14?. The minimum absolute atomic E-state index is 0.314. The summed E-state index contributed by atoms with van der Waals surface area (Å²) < 4.78 is 2.20. The first-order valence-electron chi connectivity index (χ1n) is 12.7. The van der Waals surface area contributed by atoms with Crippen molar-refractivity contribution in [3.05, 3.63) is 92.1 Å². The van der Waals surface area contributed by atoms with Gasteiger partial charge in [0.15, 0.2) is 0 Å². The highest BCUT2D eigenvalue weighted by atomic mass is 127. The molecule has 4 heterocycles. The molecule has 2 aliphatic carbocycles. The van der Waals surface area contributed by atoms with Crippen LogP contribution in [0.1, 0.15) is 43.2 Å². The summed E-state index contributed by atoms with van der Waals surface area (Å²) in [7, 11) is 0. The smallest absolute Gasteiger partial charge is 0.0873 e. The van der Waals surface area contributed by atoms with E-state index in [4.69, 9.17) is 0 Å². The van der Waals surface area contributed by atoms with Gasteiger partial charge in [0.05, 0.1) is 23.0 Å². The summed E-state index contributed by atoms with van der Waals surface area (Å²) >= 11 is 4.52. The lowest BCUT2D eigenvalue weighted by Gasteiger charge is -2.43. The van der Waals surface area contributed by atoms with Crippen molar-refractivity contribution in [1.82, 2.24) is 14.9 Å². The zero-order valence-corrected chi connectivity index (χ0v) is 24.9. The van der Waals surface area contributed by atoms with Gasteiger partial charge in [0.2, 0.25) is 0 Å². The van der Waals surface area contributed by atoms with Crippen LogP contribution in [0.4, 0.5) is 0 Å². The quantitative estimate of drug-likeness (QED) is 0.269. The number of nitrogens with zero attached hydrogens (tertiary/aromatic N) is 5. The van der Waals surface area contributed by atoms with Crippen molar-refractivity contribution in [1.29, 1.82) is 10.5 Å². The second-order valence-electron chi connectivity index (χ2n) is 10.6. The molecule has 188 valence electrons. The van der Waals surface area contributed by atoms with Crippen LogP contribution in [-0.4, -0.2) is 33.5 Å². The molecule has 0 N–H and O–H groups in total. The van der Waals surface area contributed by atoms with Crippen molar-refractivity contribution in [3.8, 4) is 12.1 Å². The van der Waals surface area contributed by atoms with E-state index in [0.29, 0.717) is 23.9 Å². The summed E-state index contributed by atoms with van der Waals surface area (Å²) in [5, 5.41) is 19.5. The Morgan fingerprint density at radius 1 is 0.838 bits per heavy atom. The molecule has 0 aromatic carbocycles. The molecule has 6 atom stereocenters. The van der Waals surface area contributed by atoms with Gasteiger partial charge >= 0.3 is 0 Å². The second kappa shape index (κ2) is 11.0. The molecule has 0 spiro atoms. The van der Waals surface area contributed by atoms with Gasteiger partial charge < -0.3 is 0 Å². The lowest BCUT2D eigenvalue weighted by Crippen LogP contribution is -2.49. The summed E-state index contributed by atoms with van der Waals surface area (Å²) in [5.74, 6) is 1.18. The summed E-state index contributed by atoms with van der Waals surface area (Å²) in [6, 6.07) is 10.1. The molecule has 2 aromatic heterocycles. The zero-order chi connectivity index (χ0) is 26.0. The highest BCUT2D eigenvalue weighted by molar-refractivity contribution is 14.1. The molecule has 7 heteroatoms. The van der Waals surface area contributed by atoms with Gasteiger partial charge in [0.25, 0.3) is 0 Å². The molecule has 4 aliphatic rings. The molecule has 5 nitrogen and oxygen atoms in total. The van der Waals surface area contributed by atoms with E-state index in [1.807, 2.05) is 30.9 Å². The van der Waals surface area contributed by atoms with Crippen LogP contribution < -0.4 is 0 Å². The highest BCUT2D eigenvalue weighted by Gasteiger charge is 2.47. The molecule has 0 radical (unpaired) electrons. The van der Waals surface area contributed by atoms with Crippen LogP contribution in [0.2, 0.25) is 0 Å². The normalized spacial score (nSPS) is 33.2. The Hall–Kier alpha value is -2.08. The van der Waals surface area contributed by atoms with Crippen molar-refractivity contribution in [2.45, 2.75) is 55.0 Å². The topological polar surface area (TPSA) is 76.6 Å². The summed E-state index contributed by atoms with van der Waals surface area (Å²) in [6.07, 6.45) is 23.2. The lowest BCUT2D eigenvalue weighted by molar-refractivity contribution is 0.133. The Morgan fingerprint density at radius 2 is 1.32 bits per heavy atom. The minimum Gasteiger partial charge on any atom is -0.287 e. The number of hydrogen-bond donors (Lipinski definition) is 0. The van der Waals surface area contributed by atoms with E-state index in [1.54, 1.807) is 0 Å². The third-order valence-corrected chi connectivity index (χ3v) is 9.47. The van der Waals surface area contributed by atoms with Crippen LogP contribution in [0.25, 0.3) is 0 Å². The maximum absolute atomic E-state index is 9.82. The number of fused-ring (bicyclic) bond motifs is 4. The van der Waals surface area contributed by atoms with E-state index in [0.717, 1.165) is 50.5 Å². The first kappa shape index (κ1) is 26.5. The fourth-order valence-electron chi connectivity index (χ4n) is 6.58. The number of pyridine rings is 2. The van der Waals surface area contributed by atoms with Crippen LogP contribution >= 0.6 is 45.2 Å². The average Bonchev–Trinajstić information content (AvgIpc) is 3.37. The first-order valence-corrected chi connectivity index (χ1v) is 14.8. The van der Waals surface area contributed by atoms with Gasteiger partial charge in [-0.1, -0.05) is 30.4 Å². The van der Waals surface area contributed by atoms with Gasteiger partial charge in [-0.05, 0) is 112 Å². The molecule has 0 amide bonds. The minimum atomic E-state index is -0.412. The van der Waals surface area contributed by atoms with Crippen LogP contribution in [-0.2, 0) is 10.8 Å². The zero-order valence-electron chi connectivity index (χ0n) is 20.6. The van der Waals surface area contributed by atoms with Crippen molar-refractivity contribution in [3.63, 3.8) is 0 Å². The fourth-order valence-corrected chi connectivity index (χ4v) is 7.58. The van der Waals surface area contributed by atoms with Crippen molar-refractivity contribution < 1.29 is 0 Å². The van der Waals surface area contributed by atoms with Crippen molar-refractivity contribution in [2.75, 3.05) is 6.54 Å². The summed E-state index contributed by atoms with van der Waals surface area (Å²) in [5.41, 5.74) is 1.44. The Balaban J connectivity index is 0.000000153. The SMILES string of the molecule is C=CCN1[C@@H]2C=C[C@H]1CC(C#N)(c1cncc(I)c1)C2.N#CC1(c2cncc(I)c2)C[C@@H]2C=C[C@@H](C2)C1. The first-order chi connectivity index (χ1) is 17.9. The molecular weight excluding hydrogens is 684 g/mol. The number of halogens is 2. The van der Waals surface area contributed by atoms with Gasteiger partial charge in [-0.15, -0.1) is 6.58 Å². The Kier molecular flexibility index (Phi) is 7.86. The molecule has 37 heavy (non-hydrogen) atoms. The van der Waals surface area contributed by atoms with Crippen LogP contribution in [0.15, 0.2) is 73.9 Å². The number of aromatic nitrogens is 2. The predicted molar refractivity (Wildman–Crippen MR) is 161 cm³/mol. The Morgan fingerprint density at radius 3 is 1.76 bits per heavy atom. The Labute approximate surface area is 246 Å². The van der Waals surface area contributed by atoms with E-state index in [9.17, 15) is 10.5 Å². The number of hydrogen-bond acceptors (Lipinski definition) is 5. The van der Waals surface area contributed by atoms with Crippen molar-refractivity contribution in [2.24, 2.45) is 11.8 Å². The largest absolute Gasteiger partial charge is 0.287 e.